The van der Waals surface area contributed by atoms with Crippen LogP contribution in [0.3, 0.4) is 0 Å². The molecule has 0 unspecified atom stereocenters. The van der Waals surface area contributed by atoms with Gasteiger partial charge in [0.05, 0.1) is 0 Å². The highest BCUT2D eigenvalue weighted by molar-refractivity contribution is 5.96. The monoisotopic (exact) mass is 272 g/mol. The molecule has 0 fully saturated rings. The second-order valence-corrected chi connectivity index (χ2v) is 6.25. The Morgan fingerprint density at radius 1 is 1.45 bits per heavy atom. The fourth-order valence-electron chi connectivity index (χ4n) is 2.67. The zero-order valence-electron chi connectivity index (χ0n) is 12.7. The van der Waals surface area contributed by atoms with E-state index in [-0.39, 0.29) is 11.4 Å². The molecule has 3 nitrogen and oxygen atoms in total. The molecule has 0 aromatic heterocycles. The lowest BCUT2D eigenvalue weighted by molar-refractivity contribution is 0.0615. The molecule has 1 aliphatic heterocycles. The number of nitrogens with one attached hydrogen (secondary N) is 1. The molecule has 1 aromatic carbocycles. The molecule has 20 heavy (non-hydrogen) atoms. The quantitative estimate of drug-likeness (QED) is 0.858. The summed E-state index contributed by atoms with van der Waals surface area (Å²) in [4.78, 5) is 14.8. The largest absolute Gasteiger partial charge is 0.330 e. The Kier molecular flexibility index (Phi) is 4.29. The lowest BCUT2D eigenvalue weighted by Gasteiger charge is -2.36. The number of hydrogen-bond acceptors (Lipinski definition) is 2. The summed E-state index contributed by atoms with van der Waals surface area (Å²) in [5, 5.41) is 3.35. The van der Waals surface area contributed by atoms with Gasteiger partial charge in [0, 0.05) is 24.2 Å². The van der Waals surface area contributed by atoms with E-state index in [9.17, 15) is 4.79 Å². The van der Waals surface area contributed by atoms with Gasteiger partial charge in [-0.2, -0.15) is 0 Å². The summed E-state index contributed by atoms with van der Waals surface area (Å²) in [7, 11) is 0. The first kappa shape index (κ1) is 14.8. The molecule has 0 atom stereocenters. The SMILES string of the molecule is C=CCN(C(=O)c1cccc2c1CCNC2)C(C)(C)C. The lowest BCUT2D eigenvalue weighted by Crippen LogP contribution is -2.46. The van der Waals surface area contributed by atoms with E-state index in [0.717, 1.165) is 25.1 Å². The van der Waals surface area contributed by atoms with Crippen LogP contribution in [0.25, 0.3) is 0 Å². The highest BCUT2D eigenvalue weighted by atomic mass is 16.2. The van der Waals surface area contributed by atoms with Crippen LogP contribution in [0.2, 0.25) is 0 Å². The minimum Gasteiger partial charge on any atom is -0.330 e. The van der Waals surface area contributed by atoms with Gasteiger partial charge in [0.25, 0.3) is 5.91 Å². The van der Waals surface area contributed by atoms with Crippen LogP contribution in [-0.2, 0) is 13.0 Å². The van der Waals surface area contributed by atoms with Crippen molar-refractivity contribution in [2.24, 2.45) is 0 Å². The van der Waals surface area contributed by atoms with E-state index in [0.29, 0.717) is 6.54 Å². The maximum atomic E-state index is 12.9. The third kappa shape index (κ3) is 2.93. The first-order valence-corrected chi connectivity index (χ1v) is 7.19. The summed E-state index contributed by atoms with van der Waals surface area (Å²) in [6.07, 6.45) is 2.71. The van der Waals surface area contributed by atoms with Crippen LogP contribution in [0.15, 0.2) is 30.9 Å². The summed E-state index contributed by atoms with van der Waals surface area (Å²) >= 11 is 0. The molecule has 1 aromatic rings. The third-order valence-corrected chi connectivity index (χ3v) is 3.74. The lowest BCUT2D eigenvalue weighted by atomic mass is 9.93. The minimum absolute atomic E-state index is 0.108. The van der Waals surface area contributed by atoms with Crippen molar-refractivity contribution in [3.8, 4) is 0 Å². The maximum Gasteiger partial charge on any atom is 0.254 e. The molecule has 1 heterocycles. The van der Waals surface area contributed by atoms with Crippen LogP contribution in [-0.4, -0.2) is 29.4 Å². The number of fused-ring (bicyclic) bond motifs is 1. The van der Waals surface area contributed by atoms with Gasteiger partial charge in [-0.15, -0.1) is 6.58 Å². The second-order valence-electron chi connectivity index (χ2n) is 6.25. The number of benzene rings is 1. The first-order chi connectivity index (χ1) is 9.45. The van der Waals surface area contributed by atoms with Gasteiger partial charge in [-0.1, -0.05) is 18.2 Å². The molecule has 0 spiro atoms. The number of hydrogen-bond donors (Lipinski definition) is 1. The summed E-state index contributed by atoms with van der Waals surface area (Å²) in [5.74, 6) is 0.108. The van der Waals surface area contributed by atoms with Gasteiger partial charge in [-0.05, 0) is 50.9 Å². The van der Waals surface area contributed by atoms with E-state index in [1.807, 2.05) is 17.0 Å². The normalized spacial score (nSPS) is 14.6. The highest BCUT2D eigenvalue weighted by Crippen LogP contribution is 2.23. The maximum absolute atomic E-state index is 12.9. The molecule has 1 amide bonds. The summed E-state index contributed by atoms with van der Waals surface area (Å²) in [6, 6.07) is 6.04. The number of carbonyl (C=O) groups excluding carboxylic acids is 1. The summed E-state index contributed by atoms with van der Waals surface area (Å²) < 4.78 is 0. The molecule has 2 rings (SSSR count). The first-order valence-electron chi connectivity index (χ1n) is 7.19. The molecule has 0 saturated heterocycles. The van der Waals surface area contributed by atoms with Crippen LogP contribution in [0.5, 0.6) is 0 Å². The molecule has 108 valence electrons. The highest BCUT2D eigenvalue weighted by Gasteiger charge is 2.28. The molecule has 1 aliphatic rings. The Bertz CT molecular complexity index is 514. The van der Waals surface area contributed by atoms with Crippen LogP contribution in [0, 0.1) is 0 Å². The predicted molar refractivity (Wildman–Crippen MR) is 82.8 cm³/mol. The van der Waals surface area contributed by atoms with Crippen molar-refractivity contribution in [2.75, 3.05) is 13.1 Å². The van der Waals surface area contributed by atoms with Crippen molar-refractivity contribution in [3.05, 3.63) is 47.5 Å². The zero-order valence-corrected chi connectivity index (χ0v) is 12.7. The third-order valence-electron chi connectivity index (χ3n) is 3.74. The standard InChI is InChI=1S/C17H24N2O/c1-5-11-19(17(2,3)4)16(20)15-8-6-7-13-12-18-10-9-14(13)15/h5-8,18H,1,9-12H2,2-4H3. The zero-order chi connectivity index (χ0) is 14.8. The fraction of sp³-hybridized carbons (Fsp3) is 0.471. The number of amides is 1. The molecular formula is C17H24N2O. The number of nitrogens with zero attached hydrogens (tertiary/aromatic N) is 1. The summed E-state index contributed by atoms with van der Waals surface area (Å²) in [5.41, 5.74) is 3.09. The van der Waals surface area contributed by atoms with Gasteiger partial charge in [0.1, 0.15) is 0 Å². The molecule has 0 radical (unpaired) electrons. The van der Waals surface area contributed by atoms with Crippen molar-refractivity contribution in [1.29, 1.82) is 0 Å². The average Bonchev–Trinajstić information content (AvgIpc) is 2.42. The smallest absolute Gasteiger partial charge is 0.254 e. The van der Waals surface area contributed by atoms with E-state index in [2.05, 4.69) is 38.7 Å². The Balaban J connectivity index is 2.39. The molecule has 0 saturated carbocycles. The van der Waals surface area contributed by atoms with Crippen LogP contribution >= 0.6 is 0 Å². The second kappa shape index (κ2) is 5.80. The topological polar surface area (TPSA) is 32.3 Å². The molecule has 0 aliphatic carbocycles. The van der Waals surface area contributed by atoms with Gasteiger partial charge < -0.3 is 10.2 Å². The van der Waals surface area contributed by atoms with E-state index in [1.54, 1.807) is 6.08 Å². The van der Waals surface area contributed by atoms with Gasteiger partial charge >= 0.3 is 0 Å². The summed E-state index contributed by atoms with van der Waals surface area (Å²) in [6.45, 7) is 12.3. The average molecular weight is 272 g/mol. The Morgan fingerprint density at radius 3 is 2.85 bits per heavy atom. The van der Waals surface area contributed by atoms with E-state index in [4.69, 9.17) is 0 Å². The van der Waals surface area contributed by atoms with Gasteiger partial charge in [-0.3, -0.25) is 4.79 Å². The van der Waals surface area contributed by atoms with E-state index >= 15 is 0 Å². The predicted octanol–water partition coefficient (Wildman–Crippen LogP) is 2.76. The van der Waals surface area contributed by atoms with Gasteiger partial charge in [0.15, 0.2) is 0 Å². The minimum atomic E-state index is -0.207. The van der Waals surface area contributed by atoms with Crippen LogP contribution in [0.1, 0.15) is 42.3 Å². The van der Waals surface area contributed by atoms with Gasteiger partial charge in [-0.25, -0.2) is 0 Å². The Morgan fingerprint density at radius 2 is 2.20 bits per heavy atom. The Hall–Kier alpha value is -1.61. The van der Waals surface area contributed by atoms with Crippen molar-refractivity contribution < 1.29 is 4.79 Å². The fourth-order valence-corrected chi connectivity index (χ4v) is 2.67. The molecule has 1 N–H and O–H groups in total. The van der Waals surface area contributed by atoms with Crippen molar-refractivity contribution in [1.82, 2.24) is 10.2 Å². The Labute approximate surface area is 121 Å². The van der Waals surface area contributed by atoms with Crippen LogP contribution < -0.4 is 5.32 Å². The molecule has 0 bridgehead atoms. The molecule has 3 heteroatoms. The van der Waals surface area contributed by atoms with E-state index < -0.39 is 0 Å². The van der Waals surface area contributed by atoms with Crippen molar-refractivity contribution in [2.45, 2.75) is 39.3 Å². The van der Waals surface area contributed by atoms with Crippen molar-refractivity contribution in [3.63, 3.8) is 0 Å². The van der Waals surface area contributed by atoms with Crippen LogP contribution in [0.4, 0.5) is 0 Å². The number of carbonyl (C=O) groups is 1. The molecular weight excluding hydrogens is 248 g/mol. The van der Waals surface area contributed by atoms with Gasteiger partial charge in [0.2, 0.25) is 0 Å². The van der Waals surface area contributed by atoms with E-state index in [1.165, 1.54) is 11.1 Å². The number of rotatable bonds is 3. The van der Waals surface area contributed by atoms with Crippen molar-refractivity contribution >= 4 is 5.91 Å².